The van der Waals surface area contributed by atoms with Crippen molar-refractivity contribution < 1.29 is 14.4 Å². The number of urea groups is 1. The van der Waals surface area contributed by atoms with Crippen LogP contribution in [0.4, 0.5) is 4.79 Å². The number of nitrogens with one attached hydrogen (secondary N) is 3. The number of amides is 4. The van der Waals surface area contributed by atoms with Crippen molar-refractivity contribution in [1.82, 2.24) is 16.0 Å². The first-order valence-corrected chi connectivity index (χ1v) is 4.70. The lowest BCUT2D eigenvalue weighted by atomic mass is 10.1. The molecule has 0 radical (unpaired) electrons. The van der Waals surface area contributed by atoms with Crippen LogP contribution >= 0.6 is 0 Å². The van der Waals surface area contributed by atoms with E-state index >= 15 is 0 Å². The molecular weight excluding hydrogens is 198 g/mol. The summed E-state index contributed by atoms with van der Waals surface area (Å²) in [5.74, 6) is -0.714. The molecule has 1 aliphatic rings. The van der Waals surface area contributed by atoms with Gasteiger partial charge in [0.15, 0.2) is 0 Å². The van der Waals surface area contributed by atoms with E-state index in [1.54, 1.807) is 0 Å². The summed E-state index contributed by atoms with van der Waals surface area (Å²) < 4.78 is 0. The SMILES string of the molecule is CC(C)(C)NC(=O)CC1NC(=O)NC1=O. The van der Waals surface area contributed by atoms with E-state index in [1.165, 1.54) is 0 Å². The fourth-order valence-corrected chi connectivity index (χ4v) is 1.26. The molecule has 6 nitrogen and oxygen atoms in total. The topological polar surface area (TPSA) is 87.3 Å². The molecule has 1 aliphatic heterocycles. The molecule has 0 spiro atoms. The van der Waals surface area contributed by atoms with Crippen molar-refractivity contribution in [2.45, 2.75) is 38.8 Å². The van der Waals surface area contributed by atoms with Crippen LogP contribution in [-0.2, 0) is 9.59 Å². The van der Waals surface area contributed by atoms with Crippen LogP contribution in [0.2, 0.25) is 0 Å². The van der Waals surface area contributed by atoms with Gasteiger partial charge < -0.3 is 10.6 Å². The summed E-state index contributed by atoms with van der Waals surface area (Å²) >= 11 is 0. The van der Waals surface area contributed by atoms with Crippen LogP contribution in [-0.4, -0.2) is 29.4 Å². The molecule has 6 heteroatoms. The summed E-state index contributed by atoms with van der Waals surface area (Å²) in [5, 5.41) is 7.14. The maximum atomic E-state index is 11.4. The van der Waals surface area contributed by atoms with Gasteiger partial charge in [-0.3, -0.25) is 14.9 Å². The molecule has 15 heavy (non-hydrogen) atoms. The van der Waals surface area contributed by atoms with Crippen LogP contribution in [0.1, 0.15) is 27.2 Å². The van der Waals surface area contributed by atoms with Crippen molar-refractivity contribution in [1.29, 1.82) is 0 Å². The third kappa shape index (κ3) is 3.57. The lowest BCUT2D eigenvalue weighted by Crippen LogP contribution is -2.44. The van der Waals surface area contributed by atoms with Gasteiger partial charge in [-0.05, 0) is 20.8 Å². The smallest absolute Gasteiger partial charge is 0.322 e. The molecule has 3 N–H and O–H groups in total. The second-order valence-corrected chi connectivity index (χ2v) is 4.52. The second-order valence-electron chi connectivity index (χ2n) is 4.52. The average molecular weight is 213 g/mol. The molecule has 1 fully saturated rings. The van der Waals surface area contributed by atoms with Gasteiger partial charge in [0.05, 0.1) is 6.42 Å². The number of hydrogen-bond acceptors (Lipinski definition) is 3. The normalized spacial score (nSPS) is 20.9. The Labute approximate surface area is 87.8 Å². The first-order chi connectivity index (χ1) is 6.78. The zero-order chi connectivity index (χ0) is 11.6. The standard InChI is InChI=1S/C9H15N3O3/c1-9(2,3)12-6(13)4-5-7(14)11-8(15)10-5/h5H,4H2,1-3H3,(H,12,13)(H2,10,11,14,15). The fourth-order valence-electron chi connectivity index (χ4n) is 1.26. The lowest BCUT2D eigenvalue weighted by Gasteiger charge is -2.21. The Kier molecular flexibility index (Phi) is 2.97. The molecule has 1 heterocycles. The Hall–Kier alpha value is -1.59. The molecule has 1 rings (SSSR count). The number of imide groups is 1. The molecule has 0 aromatic heterocycles. The maximum Gasteiger partial charge on any atom is 0.322 e. The highest BCUT2D eigenvalue weighted by molar-refractivity contribution is 6.05. The average Bonchev–Trinajstić information content (AvgIpc) is 2.25. The summed E-state index contributed by atoms with van der Waals surface area (Å²) in [6, 6.07) is -1.30. The number of carbonyl (C=O) groups excluding carboxylic acids is 3. The van der Waals surface area contributed by atoms with Gasteiger partial charge in [-0.15, -0.1) is 0 Å². The predicted octanol–water partition coefficient (Wildman–Crippen LogP) is -0.501. The fraction of sp³-hybridized carbons (Fsp3) is 0.667. The van der Waals surface area contributed by atoms with E-state index in [0.717, 1.165) is 0 Å². The Morgan fingerprint density at radius 2 is 2.00 bits per heavy atom. The van der Waals surface area contributed by atoms with Gasteiger partial charge >= 0.3 is 6.03 Å². The van der Waals surface area contributed by atoms with Crippen molar-refractivity contribution in [3.8, 4) is 0 Å². The van der Waals surface area contributed by atoms with Crippen molar-refractivity contribution in [3.63, 3.8) is 0 Å². The maximum absolute atomic E-state index is 11.4. The van der Waals surface area contributed by atoms with Crippen LogP contribution in [0.25, 0.3) is 0 Å². The van der Waals surface area contributed by atoms with E-state index < -0.39 is 18.0 Å². The molecule has 0 saturated carbocycles. The van der Waals surface area contributed by atoms with Gasteiger partial charge in [-0.25, -0.2) is 4.79 Å². The van der Waals surface area contributed by atoms with Gasteiger partial charge in [0.1, 0.15) is 6.04 Å². The van der Waals surface area contributed by atoms with Gasteiger partial charge in [-0.2, -0.15) is 0 Å². The molecule has 1 unspecified atom stereocenters. The van der Waals surface area contributed by atoms with E-state index in [4.69, 9.17) is 0 Å². The molecule has 1 atom stereocenters. The van der Waals surface area contributed by atoms with E-state index in [2.05, 4.69) is 16.0 Å². The van der Waals surface area contributed by atoms with Gasteiger partial charge in [0, 0.05) is 5.54 Å². The first kappa shape index (κ1) is 11.5. The first-order valence-electron chi connectivity index (χ1n) is 4.70. The summed E-state index contributed by atoms with van der Waals surface area (Å²) in [4.78, 5) is 33.3. The Morgan fingerprint density at radius 3 is 2.40 bits per heavy atom. The van der Waals surface area contributed by atoms with Crippen molar-refractivity contribution in [2.24, 2.45) is 0 Å². The molecule has 0 aromatic rings. The minimum Gasteiger partial charge on any atom is -0.351 e. The summed E-state index contributed by atoms with van der Waals surface area (Å²) in [7, 11) is 0. The molecule has 1 saturated heterocycles. The van der Waals surface area contributed by atoms with Gasteiger partial charge in [-0.1, -0.05) is 0 Å². The van der Waals surface area contributed by atoms with E-state index in [0.29, 0.717) is 0 Å². The van der Waals surface area contributed by atoms with Gasteiger partial charge in [0.2, 0.25) is 5.91 Å². The Morgan fingerprint density at radius 1 is 1.40 bits per heavy atom. The Bertz CT molecular complexity index is 306. The minimum atomic E-state index is -0.750. The van der Waals surface area contributed by atoms with Crippen molar-refractivity contribution in [2.75, 3.05) is 0 Å². The minimum absolute atomic E-state index is 0.0329. The lowest BCUT2D eigenvalue weighted by molar-refractivity contribution is -0.127. The molecule has 4 amide bonds. The number of carbonyl (C=O) groups is 3. The Balaban J connectivity index is 2.45. The highest BCUT2D eigenvalue weighted by Crippen LogP contribution is 2.03. The summed E-state index contributed by atoms with van der Waals surface area (Å²) in [6.45, 7) is 5.54. The van der Waals surface area contributed by atoms with Crippen molar-refractivity contribution >= 4 is 17.8 Å². The second kappa shape index (κ2) is 3.88. The van der Waals surface area contributed by atoms with E-state index in [9.17, 15) is 14.4 Å². The molecule has 0 bridgehead atoms. The predicted molar refractivity (Wildman–Crippen MR) is 53.0 cm³/mol. The van der Waals surface area contributed by atoms with Crippen LogP contribution < -0.4 is 16.0 Å². The van der Waals surface area contributed by atoms with Gasteiger partial charge in [0.25, 0.3) is 5.91 Å². The molecule has 84 valence electrons. The van der Waals surface area contributed by atoms with Crippen LogP contribution in [0, 0.1) is 0 Å². The molecule has 0 aliphatic carbocycles. The quantitative estimate of drug-likeness (QED) is 0.540. The molecule has 0 aromatic carbocycles. The third-order valence-corrected chi connectivity index (χ3v) is 1.76. The number of rotatable bonds is 2. The zero-order valence-corrected chi connectivity index (χ0v) is 9.01. The highest BCUT2D eigenvalue weighted by Gasteiger charge is 2.31. The summed E-state index contributed by atoms with van der Waals surface area (Å²) in [5.41, 5.74) is -0.337. The molecular formula is C9H15N3O3. The summed E-state index contributed by atoms with van der Waals surface area (Å²) in [6.07, 6.45) is -0.0329. The largest absolute Gasteiger partial charge is 0.351 e. The highest BCUT2D eigenvalue weighted by atomic mass is 16.2. The monoisotopic (exact) mass is 213 g/mol. The van der Waals surface area contributed by atoms with Crippen molar-refractivity contribution in [3.05, 3.63) is 0 Å². The zero-order valence-electron chi connectivity index (χ0n) is 9.01. The van der Waals surface area contributed by atoms with E-state index in [1.807, 2.05) is 20.8 Å². The number of hydrogen-bond donors (Lipinski definition) is 3. The van der Waals surface area contributed by atoms with E-state index in [-0.39, 0.29) is 17.9 Å². The third-order valence-electron chi connectivity index (χ3n) is 1.76. The van der Waals surface area contributed by atoms with Crippen LogP contribution in [0.15, 0.2) is 0 Å². The van der Waals surface area contributed by atoms with Crippen LogP contribution in [0.5, 0.6) is 0 Å². The van der Waals surface area contributed by atoms with Crippen LogP contribution in [0.3, 0.4) is 0 Å².